The smallest absolute Gasteiger partial charge is 0.408 e. The summed E-state index contributed by atoms with van der Waals surface area (Å²) in [6.45, 7) is 14.8. The average Bonchev–Trinajstić information content (AvgIpc) is 3.99. The second-order valence-electron chi connectivity index (χ2n) is 16.0. The number of nitrogens with one attached hydrogen (secondary N) is 2. The van der Waals surface area contributed by atoms with Gasteiger partial charge in [0.1, 0.15) is 34.8 Å². The summed E-state index contributed by atoms with van der Waals surface area (Å²) in [5, 5.41) is 3.63. The number of carbonyl (C=O) groups is 3. The predicted molar refractivity (Wildman–Crippen MR) is 192 cm³/mol. The minimum atomic E-state index is -3.87. The minimum Gasteiger partial charge on any atom is -0.472 e. The molecular formula is C36H48N6O9S. The zero-order chi connectivity index (χ0) is 37.8. The van der Waals surface area contributed by atoms with Gasteiger partial charge in [-0.05, 0) is 51.5 Å². The van der Waals surface area contributed by atoms with E-state index in [4.69, 9.17) is 29.7 Å². The highest BCUT2D eigenvalue weighted by Crippen LogP contribution is 2.49. The maximum absolute atomic E-state index is 14.6. The molecule has 0 spiro atoms. The Bertz CT molecular complexity index is 1920. The number of benzene rings is 1. The molecule has 3 amide bonds. The van der Waals surface area contributed by atoms with Crippen molar-refractivity contribution in [3.05, 3.63) is 42.6 Å². The summed E-state index contributed by atoms with van der Waals surface area (Å²) in [5.41, 5.74) is 4.21. The first-order chi connectivity index (χ1) is 24.3. The maximum Gasteiger partial charge on any atom is 0.408 e. The van der Waals surface area contributed by atoms with Crippen molar-refractivity contribution in [3.8, 4) is 11.6 Å². The Hall–Kier alpha value is -4.44. The number of fused-ring (bicyclic) bond motifs is 3. The van der Waals surface area contributed by atoms with Crippen LogP contribution in [0, 0.1) is 11.3 Å². The van der Waals surface area contributed by atoms with E-state index in [1.807, 2.05) is 45.0 Å². The molecule has 0 radical (unpaired) electrons. The third-order valence-corrected chi connectivity index (χ3v) is 11.4. The molecule has 5 atom stereocenters. The van der Waals surface area contributed by atoms with Gasteiger partial charge in [0.15, 0.2) is 12.5 Å². The summed E-state index contributed by atoms with van der Waals surface area (Å²) in [6, 6.07) is 5.56. The molecule has 282 valence electrons. The number of aromatic nitrogens is 1. The van der Waals surface area contributed by atoms with Gasteiger partial charge in [-0.25, -0.2) is 18.2 Å². The lowest BCUT2D eigenvalue weighted by Crippen LogP contribution is -2.58. The second kappa shape index (κ2) is 13.5. The maximum atomic E-state index is 14.6. The molecule has 1 aromatic carbocycles. The van der Waals surface area contributed by atoms with Crippen LogP contribution >= 0.6 is 0 Å². The van der Waals surface area contributed by atoms with E-state index >= 15 is 0 Å². The molecule has 3 heterocycles. The van der Waals surface area contributed by atoms with Gasteiger partial charge in [0, 0.05) is 23.1 Å². The highest BCUT2D eigenvalue weighted by molar-refractivity contribution is 7.91. The van der Waals surface area contributed by atoms with Crippen LogP contribution in [-0.4, -0.2) is 90.0 Å². The van der Waals surface area contributed by atoms with E-state index in [-0.39, 0.29) is 38.6 Å². The molecule has 1 saturated heterocycles. The molecule has 2 aliphatic carbocycles. The number of pyridine rings is 1. The molecule has 15 nitrogen and oxygen atoms in total. The predicted octanol–water partition coefficient (Wildman–Crippen LogP) is 3.30. The number of amides is 3. The number of likely N-dealkylation sites (tertiary alicyclic amines) is 1. The van der Waals surface area contributed by atoms with Crippen LogP contribution in [0.4, 0.5) is 4.79 Å². The monoisotopic (exact) mass is 740 g/mol. The molecule has 1 aromatic heterocycles. The number of carbonyl (C=O) groups excluding carboxylic acids is 3. The number of aliphatic imine (C=N–C) groups is 1. The van der Waals surface area contributed by atoms with Gasteiger partial charge in [-0.1, -0.05) is 45.0 Å². The Balaban J connectivity index is 1.35. The topological polar surface area (TPSA) is 201 Å². The lowest BCUT2D eigenvalue weighted by Gasteiger charge is -2.36. The van der Waals surface area contributed by atoms with Crippen LogP contribution in [0.1, 0.15) is 72.9 Å². The van der Waals surface area contributed by atoms with Crippen molar-refractivity contribution in [3.63, 3.8) is 0 Å². The highest BCUT2D eigenvalue weighted by atomic mass is 32.2. The number of sulfonamides is 1. The highest BCUT2D eigenvalue weighted by Gasteiger charge is 2.61. The summed E-state index contributed by atoms with van der Waals surface area (Å²) >= 11 is 0. The van der Waals surface area contributed by atoms with Crippen molar-refractivity contribution in [2.24, 2.45) is 22.1 Å². The SMILES string of the molecule is C=CC1C[C@]1(N=C(N)[C@@H]1C[C@@H](Oc2nc3c(c4ccccc24)OCOC3)CN1C(=O)[C@@H](NC(=O)OC(C)(C)C)C(C)(C)C)C(=O)NS(=O)(=O)C1CC1. The van der Waals surface area contributed by atoms with Crippen LogP contribution in [0.15, 0.2) is 41.9 Å². The van der Waals surface area contributed by atoms with Gasteiger partial charge in [-0.2, -0.15) is 0 Å². The molecule has 1 unspecified atom stereocenters. The summed E-state index contributed by atoms with van der Waals surface area (Å²) in [5.74, 6) is -0.858. The van der Waals surface area contributed by atoms with Crippen LogP contribution in [0.5, 0.6) is 11.6 Å². The van der Waals surface area contributed by atoms with E-state index < -0.39 is 73.8 Å². The molecule has 2 aliphatic heterocycles. The van der Waals surface area contributed by atoms with E-state index in [0.29, 0.717) is 35.6 Å². The Labute approximate surface area is 303 Å². The molecular weight excluding hydrogens is 692 g/mol. The van der Waals surface area contributed by atoms with Gasteiger partial charge in [0.2, 0.25) is 21.8 Å². The Morgan fingerprint density at radius 3 is 2.46 bits per heavy atom. The summed E-state index contributed by atoms with van der Waals surface area (Å²) < 4.78 is 50.9. The summed E-state index contributed by atoms with van der Waals surface area (Å²) in [7, 11) is -3.87. The van der Waals surface area contributed by atoms with Crippen molar-refractivity contribution in [2.45, 2.75) is 108 Å². The molecule has 3 fully saturated rings. The quantitative estimate of drug-likeness (QED) is 0.183. The van der Waals surface area contributed by atoms with Crippen molar-refractivity contribution in [1.82, 2.24) is 19.9 Å². The molecule has 52 heavy (non-hydrogen) atoms. The van der Waals surface area contributed by atoms with E-state index in [0.717, 1.165) is 5.39 Å². The Morgan fingerprint density at radius 2 is 1.85 bits per heavy atom. The lowest BCUT2D eigenvalue weighted by atomic mass is 9.85. The van der Waals surface area contributed by atoms with Crippen LogP contribution < -0.4 is 25.2 Å². The Kier molecular flexibility index (Phi) is 9.70. The first kappa shape index (κ1) is 37.3. The number of hydrogen-bond acceptors (Lipinski definition) is 11. The van der Waals surface area contributed by atoms with Gasteiger partial charge in [-0.3, -0.25) is 19.3 Å². The van der Waals surface area contributed by atoms with E-state index in [1.54, 1.807) is 26.8 Å². The normalized spacial score (nSPS) is 25.4. The van der Waals surface area contributed by atoms with Crippen molar-refractivity contribution in [2.75, 3.05) is 13.3 Å². The zero-order valence-corrected chi connectivity index (χ0v) is 31.2. The first-order valence-electron chi connectivity index (χ1n) is 17.5. The molecule has 2 aromatic rings. The average molecular weight is 741 g/mol. The molecule has 4 aliphatic rings. The lowest BCUT2D eigenvalue weighted by molar-refractivity contribution is -0.136. The zero-order valence-electron chi connectivity index (χ0n) is 30.4. The van der Waals surface area contributed by atoms with Crippen molar-refractivity contribution < 1.29 is 41.7 Å². The van der Waals surface area contributed by atoms with Gasteiger partial charge in [0.25, 0.3) is 5.91 Å². The largest absolute Gasteiger partial charge is 0.472 e. The molecule has 0 bridgehead atoms. The number of hydrogen-bond donors (Lipinski definition) is 3. The van der Waals surface area contributed by atoms with E-state index in [9.17, 15) is 22.8 Å². The van der Waals surface area contributed by atoms with Crippen molar-refractivity contribution in [1.29, 1.82) is 0 Å². The fourth-order valence-electron chi connectivity index (χ4n) is 6.63. The van der Waals surface area contributed by atoms with Crippen LogP contribution in [0.3, 0.4) is 0 Å². The molecule has 4 N–H and O–H groups in total. The van der Waals surface area contributed by atoms with Crippen LogP contribution in [0.25, 0.3) is 10.8 Å². The van der Waals surface area contributed by atoms with E-state index in [2.05, 4.69) is 21.6 Å². The number of alkyl carbamates (subject to hydrolysis) is 1. The number of nitrogens with zero attached hydrogens (tertiary/aromatic N) is 3. The number of rotatable bonds is 10. The fraction of sp³-hybridized carbons (Fsp3) is 0.583. The molecule has 16 heteroatoms. The summed E-state index contributed by atoms with van der Waals surface area (Å²) in [4.78, 5) is 52.0. The standard InChI is InChI=1S/C36H48N6O9S/c1-8-20-16-36(20,32(44)41-52(46,47)22-13-14-22)40-29(37)26-15-21(17-42(26)31(43)28(34(2,3)4)39-33(45)51-35(5,6)7)50-30-24-12-10-9-11-23(24)27-25(38-30)18-48-19-49-27/h8-12,20-22,26,28H,1,13-19H2,2-7H3,(H2,37,40)(H,39,45)(H,41,44)/t20?,21-,26+,28-,36-/m1/s1. The fourth-order valence-corrected chi connectivity index (χ4v) is 7.99. The van der Waals surface area contributed by atoms with Gasteiger partial charge in [-0.15, -0.1) is 6.58 Å². The third kappa shape index (κ3) is 7.68. The van der Waals surface area contributed by atoms with E-state index in [1.165, 1.54) is 4.90 Å². The first-order valence-corrected chi connectivity index (χ1v) is 19.0. The number of amidine groups is 1. The van der Waals surface area contributed by atoms with Crippen LogP contribution in [-0.2, 0) is 35.7 Å². The minimum absolute atomic E-state index is 0.0303. The molecule has 2 saturated carbocycles. The number of nitrogens with two attached hydrogens (primary N) is 1. The third-order valence-electron chi connectivity index (χ3n) is 9.55. The Morgan fingerprint density at radius 1 is 1.15 bits per heavy atom. The summed E-state index contributed by atoms with van der Waals surface area (Å²) in [6.07, 6.45) is 1.44. The second-order valence-corrected chi connectivity index (χ2v) is 17.9. The van der Waals surface area contributed by atoms with Crippen molar-refractivity contribution >= 4 is 44.5 Å². The van der Waals surface area contributed by atoms with Gasteiger partial charge in [0.05, 0.1) is 24.4 Å². The van der Waals surface area contributed by atoms with Crippen LogP contribution in [0.2, 0.25) is 0 Å². The molecule has 6 rings (SSSR count). The van der Waals surface area contributed by atoms with Gasteiger partial charge >= 0.3 is 6.09 Å². The van der Waals surface area contributed by atoms with Gasteiger partial charge < -0.3 is 34.9 Å². The number of ether oxygens (including phenoxy) is 4.